The van der Waals surface area contributed by atoms with Gasteiger partial charge in [0.2, 0.25) is 0 Å². The van der Waals surface area contributed by atoms with Gasteiger partial charge in [-0.1, -0.05) is 11.6 Å². The summed E-state index contributed by atoms with van der Waals surface area (Å²) in [4.78, 5) is 6.42. The van der Waals surface area contributed by atoms with E-state index in [9.17, 15) is 13.5 Å². The highest BCUT2D eigenvalue weighted by Gasteiger charge is 2.17. The number of sulfonamides is 1. The summed E-state index contributed by atoms with van der Waals surface area (Å²) in [6, 6.07) is 4.07. The lowest BCUT2D eigenvalue weighted by Gasteiger charge is -2.06. The van der Waals surface area contributed by atoms with Gasteiger partial charge in [0, 0.05) is 6.07 Å². The maximum atomic E-state index is 11.9. The number of rotatable bonds is 3. The molecule has 0 fully saturated rings. The number of H-pyrrole nitrogens is 1. The maximum absolute atomic E-state index is 11.9. The molecule has 0 radical (unpaired) electrons. The first-order chi connectivity index (χ1) is 8.38. The summed E-state index contributed by atoms with van der Waals surface area (Å²) in [7, 11) is -3.74. The molecule has 0 amide bonds. The van der Waals surface area contributed by atoms with Crippen LogP contribution in [0.25, 0.3) is 0 Å². The summed E-state index contributed by atoms with van der Waals surface area (Å²) in [5.74, 6) is 0.298. The van der Waals surface area contributed by atoms with Crippen LogP contribution in [0.4, 0.5) is 5.69 Å². The number of phenols is 1. The van der Waals surface area contributed by atoms with Crippen molar-refractivity contribution in [3.63, 3.8) is 0 Å². The highest BCUT2D eigenvalue weighted by atomic mass is 35.5. The van der Waals surface area contributed by atoms with E-state index >= 15 is 0 Å². The number of aromatic nitrogens is 2. The molecule has 6 nitrogen and oxygen atoms in total. The lowest BCUT2D eigenvalue weighted by Crippen LogP contribution is -2.13. The first-order valence-corrected chi connectivity index (χ1v) is 6.77. The normalized spacial score (nSPS) is 11.4. The Bertz CT molecular complexity index is 681. The molecule has 1 heterocycles. The summed E-state index contributed by atoms with van der Waals surface area (Å²) in [6.45, 7) is 1.65. The largest absolute Gasteiger partial charge is 0.506 e. The molecule has 96 valence electrons. The number of aromatic amines is 1. The first-order valence-electron chi connectivity index (χ1n) is 4.91. The molecule has 0 saturated carbocycles. The van der Waals surface area contributed by atoms with Crippen molar-refractivity contribution in [3.05, 3.63) is 35.2 Å². The maximum Gasteiger partial charge on any atom is 0.278 e. The van der Waals surface area contributed by atoms with Gasteiger partial charge in [-0.05, 0) is 19.1 Å². The molecule has 2 aromatic rings. The lowest BCUT2D eigenvalue weighted by atomic mass is 10.3. The highest BCUT2D eigenvalue weighted by Crippen LogP contribution is 2.27. The molecule has 0 bridgehead atoms. The van der Waals surface area contributed by atoms with Crippen LogP contribution in [0, 0.1) is 6.92 Å². The number of anilines is 1. The Kier molecular flexibility index (Phi) is 3.18. The van der Waals surface area contributed by atoms with Crippen molar-refractivity contribution < 1.29 is 13.5 Å². The molecule has 2 rings (SSSR count). The first kappa shape index (κ1) is 12.7. The molecular formula is C10H10ClN3O3S. The smallest absolute Gasteiger partial charge is 0.278 e. The highest BCUT2D eigenvalue weighted by molar-refractivity contribution is 7.92. The average molecular weight is 288 g/mol. The Morgan fingerprint density at radius 2 is 2.17 bits per heavy atom. The Labute approximate surface area is 109 Å². The van der Waals surface area contributed by atoms with Crippen LogP contribution in [0.5, 0.6) is 5.75 Å². The summed E-state index contributed by atoms with van der Waals surface area (Å²) in [5.41, 5.74) is 0.212. The minimum atomic E-state index is -3.74. The molecule has 1 aromatic carbocycles. The van der Waals surface area contributed by atoms with Gasteiger partial charge in [-0.15, -0.1) is 0 Å². The number of nitrogens with one attached hydrogen (secondary N) is 2. The van der Waals surface area contributed by atoms with Crippen LogP contribution in [0.2, 0.25) is 5.02 Å². The van der Waals surface area contributed by atoms with E-state index in [-0.39, 0.29) is 21.5 Å². The molecule has 0 spiro atoms. The van der Waals surface area contributed by atoms with Crippen molar-refractivity contribution in [2.24, 2.45) is 0 Å². The third-order valence-electron chi connectivity index (χ3n) is 2.17. The second kappa shape index (κ2) is 4.51. The Balaban J connectivity index is 2.30. The SMILES string of the molecule is Cc1ncc(S(=O)(=O)Nc2ccc(Cl)c(O)c2)[nH]1. The van der Waals surface area contributed by atoms with Gasteiger partial charge in [-0.2, -0.15) is 8.42 Å². The quantitative estimate of drug-likeness (QED) is 0.803. The fraction of sp³-hybridized carbons (Fsp3) is 0.100. The van der Waals surface area contributed by atoms with Crippen molar-refractivity contribution in [1.29, 1.82) is 0 Å². The minimum absolute atomic E-state index is 0.0468. The number of aromatic hydroxyl groups is 1. The van der Waals surface area contributed by atoms with Crippen LogP contribution in [0.1, 0.15) is 5.82 Å². The van der Waals surface area contributed by atoms with E-state index in [0.717, 1.165) is 0 Å². The number of benzene rings is 1. The van der Waals surface area contributed by atoms with Gasteiger partial charge in [-0.3, -0.25) is 4.72 Å². The van der Waals surface area contributed by atoms with Crippen molar-refractivity contribution >= 4 is 27.3 Å². The predicted molar refractivity (Wildman–Crippen MR) is 67.3 cm³/mol. The number of aryl methyl sites for hydroxylation is 1. The summed E-state index contributed by atoms with van der Waals surface area (Å²) in [5, 5.41) is 9.49. The Morgan fingerprint density at radius 1 is 1.44 bits per heavy atom. The number of hydrogen-bond acceptors (Lipinski definition) is 4. The molecule has 18 heavy (non-hydrogen) atoms. The zero-order valence-corrected chi connectivity index (χ0v) is 10.9. The number of nitrogens with zero attached hydrogens (tertiary/aromatic N) is 1. The van der Waals surface area contributed by atoms with E-state index in [1.165, 1.54) is 24.4 Å². The second-order valence-corrected chi connectivity index (χ2v) is 5.66. The number of imidazole rings is 1. The monoisotopic (exact) mass is 287 g/mol. The van der Waals surface area contributed by atoms with Crippen LogP contribution >= 0.6 is 11.6 Å². The van der Waals surface area contributed by atoms with Gasteiger partial charge < -0.3 is 10.1 Å². The molecule has 0 saturated heterocycles. The van der Waals surface area contributed by atoms with E-state index < -0.39 is 10.0 Å². The lowest BCUT2D eigenvalue weighted by molar-refractivity contribution is 0.476. The van der Waals surface area contributed by atoms with Gasteiger partial charge in [-0.25, -0.2) is 4.98 Å². The molecule has 0 aliphatic heterocycles. The number of phenolic OH excluding ortho intramolecular Hbond substituents is 1. The predicted octanol–water partition coefficient (Wildman–Crippen LogP) is 1.88. The zero-order chi connectivity index (χ0) is 13.3. The zero-order valence-electron chi connectivity index (χ0n) is 9.31. The van der Waals surface area contributed by atoms with Crippen molar-refractivity contribution in [2.45, 2.75) is 11.9 Å². The molecular weight excluding hydrogens is 278 g/mol. The summed E-state index contributed by atoms with van der Waals surface area (Å²) >= 11 is 5.63. The third kappa shape index (κ3) is 2.57. The van der Waals surface area contributed by atoms with Gasteiger partial charge in [0.05, 0.1) is 16.9 Å². The molecule has 0 atom stereocenters. The van der Waals surface area contributed by atoms with E-state index in [1.54, 1.807) is 6.92 Å². The number of halogens is 1. The van der Waals surface area contributed by atoms with Crippen LogP contribution < -0.4 is 4.72 Å². The van der Waals surface area contributed by atoms with Gasteiger partial charge >= 0.3 is 0 Å². The molecule has 0 unspecified atom stereocenters. The molecule has 3 N–H and O–H groups in total. The molecule has 0 aliphatic carbocycles. The Morgan fingerprint density at radius 3 is 2.72 bits per heavy atom. The van der Waals surface area contributed by atoms with Gasteiger partial charge in [0.15, 0.2) is 5.03 Å². The van der Waals surface area contributed by atoms with Crippen LogP contribution in [0.15, 0.2) is 29.4 Å². The minimum Gasteiger partial charge on any atom is -0.506 e. The summed E-state index contributed by atoms with van der Waals surface area (Å²) < 4.78 is 26.1. The van der Waals surface area contributed by atoms with Crippen LogP contribution in [-0.4, -0.2) is 23.5 Å². The second-order valence-electron chi connectivity index (χ2n) is 3.60. The Hall–Kier alpha value is -1.73. The van der Waals surface area contributed by atoms with Crippen molar-refractivity contribution in [1.82, 2.24) is 9.97 Å². The molecule has 1 aromatic heterocycles. The van der Waals surface area contributed by atoms with E-state index in [2.05, 4.69) is 14.7 Å². The van der Waals surface area contributed by atoms with Gasteiger partial charge in [0.25, 0.3) is 10.0 Å². The fourth-order valence-corrected chi connectivity index (χ4v) is 2.46. The van der Waals surface area contributed by atoms with E-state index in [4.69, 9.17) is 11.6 Å². The summed E-state index contributed by atoms with van der Waals surface area (Å²) in [6.07, 6.45) is 1.22. The topological polar surface area (TPSA) is 95.1 Å². The van der Waals surface area contributed by atoms with Crippen LogP contribution in [-0.2, 0) is 10.0 Å². The fourth-order valence-electron chi connectivity index (χ4n) is 1.32. The number of hydrogen-bond donors (Lipinski definition) is 3. The third-order valence-corrected chi connectivity index (χ3v) is 3.78. The molecule has 0 aliphatic rings. The van der Waals surface area contributed by atoms with Gasteiger partial charge in [0.1, 0.15) is 11.6 Å². The van der Waals surface area contributed by atoms with Crippen molar-refractivity contribution in [2.75, 3.05) is 4.72 Å². The van der Waals surface area contributed by atoms with Crippen molar-refractivity contribution in [3.8, 4) is 5.75 Å². The average Bonchev–Trinajstić information content (AvgIpc) is 2.71. The van der Waals surface area contributed by atoms with Crippen LogP contribution in [0.3, 0.4) is 0 Å². The standard InChI is InChI=1S/C10H10ClN3O3S/c1-6-12-5-10(13-6)18(16,17)14-7-2-3-8(11)9(15)4-7/h2-5,14-15H,1H3,(H,12,13). The van der Waals surface area contributed by atoms with E-state index in [0.29, 0.717) is 5.82 Å². The van der Waals surface area contributed by atoms with E-state index in [1.807, 2.05) is 0 Å². The molecule has 8 heteroatoms.